The van der Waals surface area contributed by atoms with Gasteiger partial charge in [0.05, 0.1) is 16.0 Å². The molecule has 0 fully saturated rings. The van der Waals surface area contributed by atoms with Crippen LogP contribution in [-0.2, 0) is 15.4 Å². The van der Waals surface area contributed by atoms with Crippen LogP contribution < -0.4 is 20.3 Å². The van der Waals surface area contributed by atoms with Gasteiger partial charge in [-0.15, -0.1) is 11.6 Å². The fraction of sp³-hybridized carbons (Fsp3) is 0.263. The van der Waals surface area contributed by atoms with Gasteiger partial charge in [0, 0.05) is 17.2 Å². The molecule has 1 aliphatic carbocycles. The van der Waals surface area contributed by atoms with E-state index in [0.717, 1.165) is 5.56 Å². The van der Waals surface area contributed by atoms with E-state index in [1.165, 1.54) is 6.08 Å². The average molecular weight is 435 g/mol. The summed E-state index contributed by atoms with van der Waals surface area (Å²) in [5, 5.41) is 4.56. The van der Waals surface area contributed by atoms with Crippen LogP contribution in [0.4, 0.5) is 5.95 Å². The van der Waals surface area contributed by atoms with Gasteiger partial charge in [0.2, 0.25) is 22.8 Å². The maximum Gasteiger partial charge on any atom is 0.235 e. The Labute approximate surface area is 173 Å². The molecule has 2 unspecified atom stereocenters. The molecule has 0 saturated heterocycles. The van der Waals surface area contributed by atoms with Crippen LogP contribution in [0.5, 0.6) is 11.5 Å². The molecule has 1 aromatic carbocycles. The molecule has 8 nitrogen and oxygen atoms in total. The number of benzene rings is 1. The van der Waals surface area contributed by atoms with Gasteiger partial charge < -0.3 is 15.2 Å². The van der Waals surface area contributed by atoms with Crippen molar-refractivity contribution in [3.8, 4) is 11.5 Å². The van der Waals surface area contributed by atoms with Crippen molar-refractivity contribution in [2.45, 2.75) is 24.6 Å². The Morgan fingerprint density at radius 3 is 2.69 bits per heavy atom. The number of sulfonamides is 1. The molecule has 0 radical (unpaired) electrons. The summed E-state index contributed by atoms with van der Waals surface area (Å²) in [5.74, 6) is 1.32. The molecule has 0 saturated carbocycles. The fourth-order valence-corrected chi connectivity index (χ4v) is 5.02. The molecule has 4 N–H and O–H groups in total. The molecular formula is C19H19ClN4O4S. The normalized spacial score (nSPS) is 23.5. The van der Waals surface area contributed by atoms with Crippen molar-refractivity contribution in [3.05, 3.63) is 58.3 Å². The van der Waals surface area contributed by atoms with Crippen LogP contribution >= 0.6 is 11.6 Å². The Kier molecular flexibility index (Phi) is 4.56. The third-order valence-electron chi connectivity index (χ3n) is 5.16. The monoisotopic (exact) mass is 434 g/mol. The van der Waals surface area contributed by atoms with Gasteiger partial charge in [0.1, 0.15) is 0 Å². The summed E-state index contributed by atoms with van der Waals surface area (Å²) < 4.78 is 35.5. The first-order chi connectivity index (χ1) is 13.6. The van der Waals surface area contributed by atoms with Crippen molar-refractivity contribution in [2.75, 3.05) is 12.5 Å². The highest BCUT2D eigenvalue weighted by Gasteiger charge is 2.42. The number of allylic oxidation sites excluding steroid dienone is 4. The maximum atomic E-state index is 12.3. The van der Waals surface area contributed by atoms with Gasteiger partial charge in [-0.3, -0.25) is 0 Å². The van der Waals surface area contributed by atoms with Crippen LogP contribution in [0.25, 0.3) is 5.57 Å². The molecule has 152 valence electrons. The quantitative estimate of drug-likeness (QED) is 0.708. The number of alkyl halides is 1. The summed E-state index contributed by atoms with van der Waals surface area (Å²) >= 11 is 6.68. The molecule has 2 atom stereocenters. The predicted octanol–water partition coefficient (Wildman–Crippen LogP) is 2.23. The third kappa shape index (κ3) is 3.35. The summed E-state index contributed by atoms with van der Waals surface area (Å²) in [6.45, 7) is 3.74. The zero-order chi connectivity index (χ0) is 21.0. The van der Waals surface area contributed by atoms with Gasteiger partial charge >= 0.3 is 0 Å². The van der Waals surface area contributed by atoms with Crippen molar-refractivity contribution in [2.24, 2.45) is 5.14 Å². The van der Waals surface area contributed by atoms with Crippen LogP contribution in [0.3, 0.4) is 0 Å². The molecule has 4 rings (SSSR count). The van der Waals surface area contributed by atoms with Crippen molar-refractivity contribution in [3.63, 3.8) is 0 Å². The molecule has 10 heteroatoms. The lowest BCUT2D eigenvalue weighted by Gasteiger charge is -2.36. The molecule has 0 spiro atoms. The number of anilines is 1. The molecule has 0 amide bonds. The SMILES string of the molecule is Cc1nc(N)ncc1C1=CC(C)(c2ccc3c(c2)OCO3)C(Cl)C(S(N)(=O)=O)=C1. The van der Waals surface area contributed by atoms with E-state index < -0.39 is 20.8 Å². The topological polar surface area (TPSA) is 130 Å². The summed E-state index contributed by atoms with van der Waals surface area (Å²) in [4.78, 5) is 8.11. The van der Waals surface area contributed by atoms with Crippen molar-refractivity contribution >= 4 is 33.1 Å². The highest BCUT2D eigenvalue weighted by Crippen LogP contribution is 2.46. The number of rotatable bonds is 3. The molecule has 29 heavy (non-hydrogen) atoms. The first kappa shape index (κ1) is 19.7. The second-order valence-corrected chi connectivity index (χ2v) is 9.13. The van der Waals surface area contributed by atoms with Crippen LogP contribution in [-0.4, -0.2) is 30.6 Å². The van der Waals surface area contributed by atoms with Gasteiger partial charge in [0.15, 0.2) is 11.5 Å². The summed E-state index contributed by atoms with van der Waals surface area (Å²) in [5.41, 5.74) is 7.32. The zero-order valence-corrected chi connectivity index (χ0v) is 17.3. The number of primary sulfonamides is 1. The number of fused-ring (bicyclic) bond motifs is 1. The Morgan fingerprint density at radius 2 is 2.00 bits per heavy atom. The van der Waals surface area contributed by atoms with E-state index in [0.29, 0.717) is 28.3 Å². The van der Waals surface area contributed by atoms with E-state index in [2.05, 4.69) is 9.97 Å². The molecule has 2 aliphatic rings. The fourth-order valence-electron chi connectivity index (χ4n) is 3.57. The van der Waals surface area contributed by atoms with E-state index in [1.54, 1.807) is 25.3 Å². The predicted molar refractivity (Wildman–Crippen MR) is 110 cm³/mol. The van der Waals surface area contributed by atoms with Crippen LogP contribution in [0.1, 0.15) is 23.7 Å². The Hall–Kier alpha value is -2.62. The first-order valence-electron chi connectivity index (χ1n) is 8.70. The number of hydrogen-bond acceptors (Lipinski definition) is 7. The van der Waals surface area contributed by atoms with E-state index in [-0.39, 0.29) is 17.6 Å². The summed E-state index contributed by atoms with van der Waals surface area (Å²) in [7, 11) is -4.06. The third-order valence-corrected chi connectivity index (χ3v) is 6.99. The molecule has 1 aliphatic heterocycles. The van der Waals surface area contributed by atoms with E-state index in [9.17, 15) is 8.42 Å². The highest BCUT2D eigenvalue weighted by atomic mass is 35.5. The minimum Gasteiger partial charge on any atom is -0.454 e. The smallest absolute Gasteiger partial charge is 0.235 e. The average Bonchev–Trinajstić information content (AvgIpc) is 3.11. The van der Waals surface area contributed by atoms with Crippen LogP contribution in [0.2, 0.25) is 0 Å². The second-order valence-electron chi connectivity index (χ2n) is 7.13. The van der Waals surface area contributed by atoms with Crippen molar-refractivity contribution < 1.29 is 17.9 Å². The number of nitrogens with two attached hydrogens (primary N) is 2. The Balaban J connectivity index is 1.93. The molecule has 1 aromatic heterocycles. The van der Waals surface area contributed by atoms with E-state index in [4.69, 9.17) is 31.9 Å². The lowest BCUT2D eigenvalue weighted by Crippen LogP contribution is -2.38. The first-order valence-corrected chi connectivity index (χ1v) is 10.7. The standard InChI is InChI=1S/C19H19ClN4O4S/c1-10-13(8-23-18(21)24-10)11-5-16(29(22,25)26)17(20)19(2,7-11)12-3-4-14-15(6-12)28-9-27-14/h3-8,17H,9H2,1-2H3,(H2,21,23,24)(H2,22,25,26). The number of aromatic nitrogens is 2. The van der Waals surface area contributed by atoms with Crippen molar-refractivity contribution in [1.82, 2.24) is 9.97 Å². The lowest BCUT2D eigenvalue weighted by molar-refractivity contribution is 0.174. The highest BCUT2D eigenvalue weighted by molar-refractivity contribution is 7.93. The molecule has 2 aromatic rings. The Morgan fingerprint density at radius 1 is 1.28 bits per heavy atom. The van der Waals surface area contributed by atoms with Gasteiger partial charge in [-0.2, -0.15) is 0 Å². The van der Waals surface area contributed by atoms with Gasteiger partial charge in [-0.1, -0.05) is 19.1 Å². The van der Waals surface area contributed by atoms with Crippen LogP contribution in [0.15, 0.2) is 41.5 Å². The van der Waals surface area contributed by atoms with Gasteiger partial charge in [-0.05, 0) is 36.3 Å². The summed E-state index contributed by atoms with van der Waals surface area (Å²) in [6.07, 6.45) is 4.90. The minimum atomic E-state index is -4.06. The zero-order valence-electron chi connectivity index (χ0n) is 15.7. The number of halogens is 1. The van der Waals surface area contributed by atoms with Crippen molar-refractivity contribution in [1.29, 1.82) is 0 Å². The van der Waals surface area contributed by atoms with E-state index in [1.807, 2.05) is 19.1 Å². The molecular weight excluding hydrogens is 416 g/mol. The number of ether oxygens (including phenoxy) is 2. The number of nitrogens with zero attached hydrogens (tertiary/aromatic N) is 2. The Bertz CT molecular complexity index is 1180. The largest absolute Gasteiger partial charge is 0.454 e. The second kappa shape index (κ2) is 6.72. The van der Waals surface area contributed by atoms with Crippen LogP contribution in [0, 0.1) is 6.92 Å². The minimum absolute atomic E-state index is 0.0898. The molecule has 0 bridgehead atoms. The number of aryl methyl sites for hydroxylation is 1. The maximum absolute atomic E-state index is 12.3. The molecule has 2 heterocycles. The van der Waals surface area contributed by atoms with Gasteiger partial charge in [0.25, 0.3) is 0 Å². The lowest BCUT2D eigenvalue weighted by atomic mass is 9.74. The number of hydrogen-bond donors (Lipinski definition) is 2. The van der Waals surface area contributed by atoms with E-state index >= 15 is 0 Å². The van der Waals surface area contributed by atoms with Gasteiger partial charge in [-0.25, -0.2) is 23.5 Å². The number of nitrogen functional groups attached to an aromatic ring is 1. The summed E-state index contributed by atoms with van der Waals surface area (Å²) in [6, 6.07) is 5.40.